The van der Waals surface area contributed by atoms with Crippen molar-refractivity contribution < 1.29 is 28.2 Å². The maximum atomic E-state index is 13.3. The average Bonchev–Trinajstić information content (AvgIpc) is 2.45. The molecule has 4 N–H and O–H groups in total. The average molecular weight is 351 g/mol. The van der Waals surface area contributed by atoms with Crippen molar-refractivity contribution >= 4 is 17.7 Å². The summed E-state index contributed by atoms with van der Waals surface area (Å²) in [5, 5.41) is 18.8. The number of benzene rings is 1. The molecular weight excluding hydrogens is 331 g/mol. The highest BCUT2D eigenvalue weighted by Crippen LogP contribution is 2.42. The molecule has 0 spiro atoms. The van der Waals surface area contributed by atoms with Gasteiger partial charge in [0.05, 0.1) is 0 Å². The molecule has 1 aromatic carbocycles. The number of carbonyl (C=O) groups is 1. The van der Waals surface area contributed by atoms with E-state index in [9.17, 15) is 23.1 Å². The highest BCUT2D eigenvalue weighted by Gasteiger charge is 2.54. The van der Waals surface area contributed by atoms with E-state index in [-0.39, 0.29) is 17.7 Å². The molecule has 0 heterocycles. The van der Waals surface area contributed by atoms with E-state index in [4.69, 9.17) is 10.8 Å². The number of alkyl halides is 3. The zero-order chi connectivity index (χ0) is 17.7. The van der Waals surface area contributed by atoms with Crippen molar-refractivity contribution in [2.45, 2.75) is 37.6 Å². The fourth-order valence-corrected chi connectivity index (χ4v) is 3.00. The topological polar surface area (TPSA) is 83.5 Å². The van der Waals surface area contributed by atoms with Crippen LogP contribution in [0.5, 0.6) is 0 Å². The third-order valence-electron chi connectivity index (χ3n) is 3.50. The molecule has 0 aliphatic carbocycles. The molecule has 0 fully saturated rings. The lowest BCUT2D eigenvalue weighted by atomic mass is 9.90. The minimum atomic E-state index is -4.79. The molecular formula is C15H20F3NO3S. The van der Waals surface area contributed by atoms with Crippen LogP contribution in [0.2, 0.25) is 0 Å². The van der Waals surface area contributed by atoms with E-state index in [0.29, 0.717) is 5.75 Å². The predicted octanol–water partition coefficient (Wildman–Crippen LogP) is 2.67. The minimum absolute atomic E-state index is 0.0379. The molecule has 1 rings (SSSR count). The van der Waals surface area contributed by atoms with Crippen LogP contribution in [-0.2, 0) is 10.4 Å². The standard InChI is InChI=1S/C15H20F3NO3S/c1-10-2-4-11(5-3-10)14(22,15(16,17)18)7-9-23-8-6-12(19)13(20)21/h2-5,12,22H,6-9,19H2,1H3,(H,20,21). The number of aliphatic carboxylic acids is 1. The van der Waals surface area contributed by atoms with Crippen molar-refractivity contribution in [3.8, 4) is 0 Å². The molecule has 0 aliphatic heterocycles. The number of thioether (sulfide) groups is 1. The van der Waals surface area contributed by atoms with Crippen molar-refractivity contribution in [2.75, 3.05) is 11.5 Å². The van der Waals surface area contributed by atoms with Gasteiger partial charge in [-0.25, -0.2) is 0 Å². The van der Waals surface area contributed by atoms with Gasteiger partial charge >= 0.3 is 12.1 Å². The second kappa shape index (κ2) is 8.03. The monoisotopic (exact) mass is 351 g/mol. The maximum absolute atomic E-state index is 13.3. The van der Waals surface area contributed by atoms with Gasteiger partial charge in [-0.15, -0.1) is 0 Å². The van der Waals surface area contributed by atoms with Crippen LogP contribution in [0.15, 0.2) is 24.3 Å². The molecule has 2 unspecified atom stereocenters. The van der Waals surface area contributed by atoms with Crippen LogP contribution in [0.1, 0.15) is 24.0 Å². The van der Waals surface area contributed by atoms with Crippen LogP contribution in [0.25, 0.3) is 0 Å². The molecule has 130 valence electrons. The van der Waals surface area contributed by atoms with Crippen molar-refractivity contribution in [3.63, 3.8) is 0 Å². The number of aliphatic hydroxyl groups is 1. The molecule has 4 nitrogen and oxygen atoms in total. The van der Waals surface area contributed by atoms with E-state index >= 15 is 0 Å². The predicted molar refractivity (Wildman–Crippen MR) is 83.3 cm³/mol. The first kappa shape index (κ1) is 19.8. The first-order valence-corrected chi connectivity index (χ1v) is 8.16. The number of hydrogen-bond acceptors (Lipinski definition) is 4. The van der Waals surface area contributed by atoms with Gasteiger partial charge < -0.3 is 15.9 Å². The SMILES string of the molecule is Cc1ccc(C(O)(CCSCCC(N)C(=O)O)C(F)(F)F)cc1. The van der Waals surface area contributed by atoms with Gasteiger partial charge in [-0.2, -0.15) is 24.9 Å². The van der Waals surface area contributed by atoms with E-state index in [1.54, 1.807) is 6.92 Å². The Hall–Kier alpha value is -1.25. The summed E-state index contributed by atoms with van der Waals surface area (Å²) in [6.07, 6.45) is -5.14. The van der Waals surface area contributed by atoms with Crippen LogP contribution in [0.3, 0.4) is 0 Å². The Labute approximate surface area is 136 Å². The van der Waals surface area contributed by atoms with Gasteiger partial charge in [-0.3, -0.25) is 4.79 Å². The smallest absolute Gasteiger partial charge is 0.421 e. The first-order chi connectivity index (χ1) is 10.6. The van der Waals surface area contributed by atoms with Gasteiger partial charge in [-0.05, 0) is 36.8 Å². The van der Waals surface area contributed by atoms with Gasteiger partial charge in [0.2, 0.25) is 0 Å². The lowest BCUT2D eigenvalue weighted by Crippen LogP contribution is -2.42. The highest BCUT2D eigenvalue weighted by atomic mass is 32.2. The van der Waals surface area contributed by atoms with Gasteiger partial charge in [-0.1, -0.05) is 29.8 Å². The summed E-state index contributed by atoms with van der Waals surface area (Å²) in [5.41, 5.74) is 3.01. The van der Waals surface area contributed by atoms with Crippen LogP contribution in [0, 0.1) is 6.92 Å². The molecule has 2 atom stereocenters. The first-order valence-electron chi connectivity index (χ1n) is 7.00. The Kier molecular flexibility index (Phi) is 6.91. The molecule has 0 bridgehead atoms. The number of rotatable bonds is 8. The second-order valence-electron chi connectivity index (χ2n) is 5.32. The number of carboxylic acids is 1. The third-order valence-corrected chi connectivity index (χ3v) is 4.51. The van der Waals surface area contributed by atoms with Gasteiger partial charge in [0, 0.05) is 0 Å². The Balaban J connectivity index is 2.66. The molecule has 0 aromatic heterocycles. The van der Waals surface area contributed by atoms with Crippen LogP contribution in [-0.4, -0.2) is 39.9 Å². The van der Waals surface area contributed by atoms with Gasteiger partial charge in [0.1, 0.15) is 6.04 Å². The van der Waals surface area contributed by atoms with Crippen LogP contribution < -0.4 is 5.73 Å². The fourth-order valence-electron chi connectivity index (χ4n) is 1.93. The van der Waals surface area contributed by atoms with E-state index in [2.05, 4.69) is 0 Å². The van der Waals surface area contributed by atoms with Crippen LogP contribution in [0.4, 0.5) is 13.2 Å². The molecule has 0 aliphatic rings. The van der Waals surface area contributed by atoms with Crippen molar-refractivity contribution in [1.29, 1.82) is 0 Å². The summed E-state index contributed by atoms with van der Waals surface area (Å²) >= 11 is 1.14. The van der Waals surface area contributed by atoms with E-state index < -0.39 is 30.2 Å². The summed E-state index contributed by atoms with van der Waals surface area (Å²) in [7, 11) is 0. The van der Waals surface area contributed by atoms with E-state index in [0.717, 1.165) is 17.3 Å². The summed E-state index contributed by atoms with van der Waals surface area (Å²) in [4.78, 5) is 10.5. The highest BCUT2D eigenvalue weighted by molar-refractivity contribution is 7.99. The summed E-state index contributed by atoms with van der Waals surface area (Å²) < 4.78 is 39.8. The van der Waals surface area contributed by atoms with Gasteiger partial charge in [0.25, 0.3) is 0 Å². The second-order valence-corrected chi connectivity index (χ2v) is 6.54. The number of hydrogen-bond donors (Lipinski definition) is 3. The zero-order valence-electron chi connectivity index (χ0n) is 12.6. The fraction of sp³-hybridized carbons (Fsp3) is 0.533. The Morgan fingerprint density at radius 1 is 1.26 bits per heavy atom. The molecule has 0 saturated heterocycles. The Bertz CT molecular complexity index is 522. The number of nitrogens with two attached hydrogens (primary N) is 1. The molecule has 8 heteroatoms. The largest absolute Gasteiger partial charge is 0.480 e. The summed E-state index contributed by atoms with van der Waals surface area (Å²) in [6, 6.07) is 4.55. The van der Waals surface area contributed by atoms with Crippen molar-refractivity contribution in [2.24, 2.45) is 5.73 Å². The zero-order valence-corrected chi connectivity index (χ0v) is 13.5. The summed E-state index contributed by atoms with van der Waals surface area (Å²) in [6.45, 7) is 1.75. The molecule has 1 aromatic rings. The third kappa shape index (κ3) is 5.40. The Morgan fingerprint density at radius 2 is 1.83 bits per heavy atom. The van der Waals surface area contributed by atoms with Crippen molar-refractivity contribution in [3.05, 3.63) is 35.4 Å². The maximum Gasteiger partial charge on any atom is 0.421 e. The van der Waals surface area contributed by atoms with Gasteiger partial charge in [0.15, 0.2) is 5.60 Å². The molecule has 0 radical (unpaired) electrons. The Morgan fingerprint density at radius 3 is 2.30 bits per heavy atom. The minimum Gasteiger partial charge on any atom is -0.480 e. The lowest BCUT2D eigenvalue weighted by Gasteiger charge is -2.31. The normalized spacial score (nSPS) is 15.9. The summed E-state index contributed by atoms with van der Waals surface area (Å²) in [5.74, 6) is -0.789. The molecule has 0 saturated carbocycles. The number of halogens is 3. The van der Waals surface area contributed by atoms with Crippen LogP contribution >= 0.6 is 11.8 Å². The molecule has 0 amide bonds. The number of carboxylic acid groups (broad SMARTS) is 1. The van der Waals surface area contributed by atoms with E-state index in [1.165, 1.54) is 24.3 Å². The quantitative estimate of drug-likeness (QED) is 0.627. The lowest BCUT2D eigenvalue weighted by molar-refractivity contribution is -0.267. The van der Waals surface area contributed by atoms with E-state index in [1.807, 2.05) is 0 Å². The van der Waals surface area contributed by atoms with Crippen molar-refractivity contribution in [1.82, 2.24) is 0 Å². The number of aryl methyl sites for hydroxylation is 1. The molecule has 23 heavy (non-hydrogen) atoms.